The predicted molar refractivity (Wildman–Crippen MR) is 83.0 cm³/mol. The van der Waals surface area contributed by atoms with E-state index in [1.54, 1.807) is 0 Å². The normalized spacial score (nSPS) is 37.6. The standard InChI is InChI=1S/C17H30N2O2/c1-3-17(21,4-2)11-18-15(20)19-16-8-12-5-13(9-16)7-14(6-12)10-16/h12-14,21H,3-11H2,1-2H3,(H2,18,19,20). The molecule has 0 aromatic carbocycles. The highest BCUT2D eigenvalue weighted by molar-refractivity contribution is 5.75. The molecule has 0 spiro atoms. The van der Waals surface area contributed by atoms with Crippen LogP contribution in [0.2, 0.25) is 0 Å². The largest absolute Gasteiger partial charge is 0.388 e. The molecule has 4 fully saturated rings. The molecular weight excluding hydrogens is 264 g/mol. The summed E-state index contributed by atoms with van der Waals surface area (Å²) in [5.41, 5.74) is -0.714. The molecule has 4 rings (SSSR count). The van der Waals surface area contributed by atoms with E-state index in [1.165, 1.54) is 38.5 Å². The molecule has 0 aromatic heterocycles. The fourth-order valence-electron chi connectivity index (χ4n) is 5.29. The molecule has 2 amide bonds. The molecular formula is C17H30N2O2. The van der Waals surface area contributed by atoms with E-state index in [1.807, 2.05) is 13.8 Å². The van der Waals surface area contributed by atoms with Gasteiger partial charge in [0.2, 0.25) is 0 Å². The lowest BCUT2D eigenvalue weighted by atomic mass is 9.53. The summed E-state index contributed by atoms with van der Waals surface area (Å²) in [6.45, 7) is 4.27. The van der Waals surface area contributed by atoms with Gasteiger partial charge in [0.15, 0.2) is 0 Å². The number of carbonyl (C=O) groups excluding carboxylic acids is 1. The second-order valence-corrected chi connectivity index (χ2v) is 7.94. The lowest BCUT2D eigenvalue weighted by Crippen LogP contribution is -2.62. The fraction of sp³-hybridized carbons (Fsp3) is 0.941. The Bertz CT molecular complexity index is 368. The van der Waals surface area contributed by atoms with E-state index < -0.39 is 5.60 Å². The summed E-state index contributed by atoms with van der Waals surface area (Å²) in [5.74, 6) is 2.50. The zero-order valence-electron chi connectivity index (χ0n) is 13.5. The summed E-state index contributed by atoms with van der Waals surface area (Å²) in [6.07, 6.45) is 8.98. The topological polar surface area (TPSA) is 61.4 Å². The van der Waals surface area contributed by atoms with Crippen molar-refractivity contribution in [1.82, 2.24) is 10.6 Å². The molecule has 120 valence electrons. The molecule has 0 aromatic rings. The van der Waals surface area contributed by atoms with E-state index in [2.05, 4.69) is 10.6 Å². The Balaban J connectivity index is 1.55. The lowest BCUT2D eigenvalue weighted by Gasteiger charge is -2.56. The van der Waals surface area contributed by atoms with Crippen LogP contribution in [-0.4, -0.2) is 28.8 Å². The van der Waals surface area contributed by atoms with Crippen molar-refractivity contribution in [1.29, 1.82) is 0 Å². The van der Waals surface area contributed by atoms with Crippen LogP contribution >= 0.6 is 0 Å². The molecule has 4 aliphatic rings. The van der Waals surface area contributed by atoms with Crippen LogP contribution in [-0.2, 0) is 0 Å². The SMILES string of the molecule is CCC(O)(CC)CNC(=O)NC12CC3CC(CC(C3)C1)C2. The highest BCUT2D eigenvalue weighted by atomic mass is 16.3. The zero-order valence-corrected chi connectivity index (χ0v) is 13.5. The van der Waals surface area contributed by atoms with E-state index in [4.69, 9.17) is 0 Å². The number of aliphatic hydroxyl groups is 1. The van der Waals surface area contributed by atoms with Gasteiger partial charge in [-0.3, -0.25) is 0 Å². The van der Waals surface area contributed by atoms with Gasteiger partial charge >= 0.3 is 6.03 Å². The van der Waals surface area contributed by atoms with Gasteiger partial charge < -0.3 is 15.7 Å². The lowest BCUT2D eigenvalue weighted by molar-refractivity contribution is -0.0144. The minimum atomic E-state index is -0.765. The molecule has 0 saturated heterocycles. The van der Waals surface area contributed by atoms with Gasteiger partial charge in [0.25, 0.3) is 0 Å². The van der Waals surface area contributed by atoms with Crippen molar-refractivity contribution >= 4 is 6.03 Å². The van der Waals surface area contributed by atoms with Crippen LogP contribution in [0, 0.1) is 17.8 Å². The Morgan fingerprint density at radius 1 is 1.10 bits per heavy atom. The number of urea groups is 1. The fourth-order valence-corrected chi connectivity index (χ4v) is 5.29. The summed E-state index contributed by atoms with van der Waals surface area (Å²) >= 11 is 0. The summed E-state index contributed by atoms with van der Waals surface area (Å²) in [5, 5.41) is 16.4. The molecule has 0 aliphatic heterocycles. The van der Waals surface area contributed by atoms with Crippen molar-refractivity contribution in [3.8, 4) is 0 Å². The van der Waals surface area contributed by atoms with Crippen molar-refractivity contribution in [3.63, 3.8) is 0 Å². The Morgan fingerprint density at radius 2 is 1.57 bits per heavy atom. The van der Waals surface area contributed by atoms with Gasteiger partial charge in [-0.2, -0.15) is 0 Å². The number of carbonyl (C=O) groups is 1. The van der Waals surface area contributed by atoms with Crippen LogP contribution in [0.25, 0.3) is 0 Å². The number of amides is 2. The van der Waals surface area contributed by atoms with Crippen LogP contribution in [0.1, 0.15) is 65.2 Å². The van der Waals surface area contributed by atoms with Crippen molar-refractivity contribution in [2.24, 2.45) is 17.8 Å². The number of hydrogen-bond acceptors (Lipinski definition) is 2. The third kappa shape index (κ3) is 3.05. The van der Waals surface area contributed by atoms with Crippen molar-refractivity contribution in [3.05, 3.63) is 0 Å². The maximum Gasteiger partial charge on any atom is 0.315 e. The summed E-state index contributed by atoms with van der Waals surface area (Å²) < 4.78 is 0. The average molecular weight is 294 g/mol. The van der Waals surface area contributed by atoms with E-state index >= 15 is 0 Å². The first-order chi connectivity index (χ1) is 9.96. The molecule has 4 saturated carbocycles. The number of rotatable bonds is 5. The molecule has 3 N–H and O–H groups in total. The summed E-state index contributed by atoms with van der Waals surface area (Å²) in [4.78, 5) is 12.3. The molecule has 0 atom stereocenters. The van der Waals surface area contributed by atoms with Crippen LogP contribution in [0.15, 0.2) is 0 Å². The molecule has 21 heavy (non-hydrogen) atoms. The highest BCUT2D eigenvalue weighted by Crippen LogP contribution is 2.55. The third-order valence-electron chi connectivity index (χ3n) is 6.31. The molecule has 0 unspecified atom stereocenters. The Morgan fingerprint density at radius 3 is 2.00 bits per heavy atom. The molecule has 4 aliphatic carbocycles. The van der Waals surface area contributed by atoms with E-state index in [9.17, 15) is 9.90 Å². The first kappa shape index (κ1) is 15.1. The van der Waals surface area contributed by atoms with Gasteiger partial charge in [0, 0.05) is 12.1 Å². The number of hydrogen-bond donors (Lipinski definition) is 3. The number of nitrogens with one attached hydrogen (secondary N) is 2. The molecule has 0 radical (unpaired) electrons. The zero-order chi connectivity index (χ0) is 15.1. The van der Waals surface area contributed by atoms with Crippen molar-refractivity contribution in [2.75, 3.05) is 6.54 Å². The van der Waals surface area contributed by atoms with E-state index in [0.717, 1.165) is 17.8 Å². The van der Waals surface area contributed by atoms with Gasteiger partial charge in [-0.15, -0.1) is 0 Å². The predicted octanol–water partition coefficient (Wildman–Crippen LogP) is 2.81. The minimum absolute atomic E-state index is 0.0510. The average Bonchev–Trinajstić information content (AvgIpc) is 2.43. The van der Waals surface area contributed by atoms with Gasteiger partial charge in [-0.25, -0.2) is 4.79 Å². The molecule has 4 bridgehead atoms. The van der Waals surface area contributed by atoms with Gasteiger partial charge in [0.1, 0.15) is 0 Å². The highest BCUT2D eigenvalue weighted by Gasteiger charge is 2.51. The van der Waals surface area contributed by atoms with Crippen LogP contribution in [0.4, 0.5) is 4.79 Å². The first-order valence-corrected chi connectivity index (χ1v) is 8.74. The van der Waals surface area contributed by atoms with Gasteiger partial charge in [0.05, 0.1) is 5.60 Å². The van der Waals surface area contributed by atoms with Crippen molar-refractivity contribution < 1.29 is 9.90 Å². The van der Waals surface area contributed by atoms with Gasteiger partial charge in [-0.05, 0) is 69.1 Å². The Hall–Kier alpha value is -0.770. The second-order valence-electron chi connectivity index (χ2n) is 7.94. The molecule has 0 heterocycles. The molecule has 4 heteroatoms. The maximum absolute atomic E-state index is 12.3. The first-order valence-electron chi connectivity index (χ1n) is 8.74. The third-order valence-corrected chi connectivity index (χ3v) is 6.31. The summed E-state index contributed by atoms with van der Waals surface area (Å²) in [7, 11) is 0. The van der Waals surface area contributed by atoms with Crippen LogP contribution in [0.5, 0.6) is 0 Å². The van der Waals surface area contributed by atoms with E-state index in [-0.39, 0.29) is 11.6 Å². The smallest absolute Gasteiger partial charge is 0.315 e. The Kier molecular flexibility index (Phi) is 3.93. The van der Waals surface area contributed by atoms with Crippen LogP contribution in [0.3, 0.4) is 0 Å². The quantitative estimate of drug-likeness (QED) is 0.730. The molecule has 4 nitrogen and oxygen atoms in total. The summed E-state index contributed by atoms with van der Waals surface area (Å²) in [6, 6.07) is -0.0859. The van der Waals surface area contributed by atoms with Crippen molar-refractivity contribution in [2.45, 2.75) is 76.4 Å². The van der Waals surface area contributed by atoms with E-state index in [0.29, 0.717) is 19.4 Å². The monoisotopic (exact) mass is 294 g/mol. The second kappa shape index (κ2) is 5.45. The maximum atomic E-state index is 12.3. The minimum Gasteiger partial charge on any atom is -0.388 e. The van der Waals surface area contributed by atoms with Gasteiger partial charge in [-0.1, -0.05) is 13.8 Å². The van der Waals surface area contributed by atoms with Crippen LogP contribution < -0.4 is 10.6 Å². The Labute approximate surface area is 128 Å².